The average Bonchev–Trinajstić information content (AvgIpc) is 3.16. The maximum absolute atomic E-state index is 5.73. The van der Waals surface area contributed by atoms with Crippen molar-refractivity contribution in [3.63, 3.8) is 0 Å². The Hall–Kier alpha value is -3.22. The van der Waals surface area contributed by atoms with Crippen molar-refractivity contribution in [3.8, 4) is 16.9 Å². The lowest BCUT2D eigenvalue weighted by Gasteiger charge is -2.02. The minimum absolute atomic E-state index is 0.179. The molecule has 0 aliphatic carbocycles. The Balaban J connectivity index is 1.87. The fourth-order valence-corrected chi connectivity index (χ4v) is 2.23. The van der Waals surface area contributed by atoms with E-state index < -0.39 is 0 Å². The molecule has 0 fully saturated rings. The fraction of sp³-hybridized carbons (Fsp3) is 0. The van der Waals surface area contributed by atoms with Gasteiger partial charge in [0, 0.05) is 11.8 Å². The van der Waals surface area contributed by atoms with Crippen LogP contribution >= 0.6 is 0 Å². The maximum atomic E-state index is 5.73. The first-order valence-electron chi connectivity index (χ1n) is 6.38. The van der Waals surface area contributed by atoms with E-state index >= 15 is 0 Å². The van der Waals surface area contributed by atoms with Gasteiger partial charge in [-0.3, -0.25) is 5.10 Å². The molecule has 102 valence electrons. The van der Waals surface area contributed by atoms with E-state index in [9.17, 15) is 0 Å². The Morgan fingerprint density at radius 3 is 2.71 bits per heavy atom. The Labute approximate surface area is 119 Å². The topological polar surface area (TPSA) is 98.3 Å². The lowest BCUT2D eigenvalue weighted by atomic mass is 10.1. The molecule has 0 amide bonds. The SMILES string of the molecule is Nc1nc(-n2cc(-c3ccccc3)cn2)c2cn[nH]c2n1. The number of rotatable bonds is 2. The van der Waals surface area contributed by atoms with E-state index in [4.69, 9.17) is 5.73 Å². The van der Waals surface area contributed by atoms with E-state index in [0.29, 0.717) is 11.5 Å². The molecule has 0 aliphatic heterocycles. The molecule has 0 saturated carbocycles. The zero-order valence-electron chi connectivity index (χ0n) is 10.9. The molecular weight excluding hydrogens is 266 g/mol. The van der Waals surface area contributed by atoms with Gasteiger partial charge in [-0.25, -0.2) is 4.68 Å². The third kappa shape index (κ3) is 1.91. The predicted molar refractivity (Wildman–Crippen MR) is 78.7 cm³/mol. The summed E-state index contributed by atoms with van der Waals surface area (Å²) in [6.45, 7) is 0. The van der Waals surface area contributed by atoms with Gasteiger partial charge in [-0.15, -0.1) is 0 Å². The van der Waals surface area contributed by atoms with Crippen LogP contribution in [0.4, 0.5) is 5.95 Å². The monoisotopic (exact) mass is 277 g/mol. The molecule has 0 saturated heterocycles. The van der Waals surface area contributed by atoms with Gasteiger partial charge in [0.25, 0.3) is 0 Å². The highest BCUT2D eigenvalue weighted by Gasteiger charge is 2.11. The summed E-state index contributed by atoms with van der Waals surface area (Å²) in [5, 5.41) is 11.9. The quantitative estimate of drug-likeness (QED) is 0.582. The Morgan fingerprint density at radius 2 is 1.86 bits per heavy atom. The van der Waals surface area contributed by atoms with Crippen LogP contribution in [-0.2, 0) is 0 Å². The molecule has 7 heteroatoms. The van der Waals surface area contributed by atoms with Crippen LogP contribution in [0.25, 0.3) is 28.0 Å². The van der Waals surface area contributed by atoms with Gasteiger partial charge in [-0.2, -0.15) is 20.2 Å². The van der Waals surface area contributed by atoms with Crippen LogP contribution in [0.2, 0.25) is 0 Å². The standard InChI is InChI=1S/C14H11N7/c15-14-18-12-11(7-16-20-12)13(19-14)21-8-10(6-17-21)9-4-2-1-3-5-9/h1-8H,(H3,15,16,18,19,20). The van der Waals surface area contributed by atoms with Crippen LogP contribution in [0.15, 0.2) is 48.9 Å². The molecule has 3 aromatic heterocycles. The van der Waals surface area contributed by atoms with E-state index in [0.717, 1.165) is 16.5 Å². The summed E-state index contributed by atoms with van der Waals surface area (Å²) in [5.41, 5.74) is 8.42. The molecule has 0 aliphatic rings. The van der Waals surface area contributed by atoms with Crippen molar-refractivity contribution in [1.29, 1.82) is 0 Å². The number of aromatic amines is 1. The number of hydrogen-bond acceptors (Lipinski definition) is 5. The van der Waals surface area contributed by atoms with E-state index in [1.165, 1.54) is 0 Å². The van der Waals surface area contributed by atoms with Gasteiger partial charge in [-0.05, 0) is 5.56 Å². The summed E-state index contributed by atoms with van der Waals surface area (Å²) in [5.74, 6) is 0.784. The number of aromatic nitrogens is 6. The Kier molecular flexibility index (Phi) is 2.43. The molecule has 3 heterocycles. The average molecular weight is 277 g/mol. The normalized spacial score (nSPS) is 11.0. The third-order valence-electron chi connectivity index (χ3n) is 3.21. The van der Waals surface area contributed by atoms with E-state index in [1.54, 1.807) is 17.1 Å². The van der Waals surface area contributed by atoms with Crippen LogP contribution in [-0.4, -0.2) is 29.9 Å². The van der Waals surface area contributed by atoms with Gasteiger partial charge >= 0.3 is 0 Å². The highest BCUT2D eigenvalue weighted by atomic mass is 15.3. The first-order valence-corrected chi connectivity index (χ1v) is 6.38. The first-order chi connectivity index (χ1) is 10.3. The van der Waals surface area contributed by atoms with Crippen LogP contribution < -0.4 is 5.73 Å². The van der Waals surface area contributed by atoms with Gasteiger partial charge in [0.15, 0.2) is 11.5 Å². The second kappa shape index (κ2) is 4.41. The van der Waals surface area contributed by atoms with Gasteiger partial charge in [0.05, 0.1) is 17.8 Å². The molecule has 7 nitrogen and oxygen atoms in total. The molecule has 1 aromatic carbocycles. The van der Waals surface area contributed by atoms with Crippen molar-refractivity contribution in [2.24, 2.45) is 0 Å². The summed E-state index contributed by atoms with van der Waals surface area (Å²) in [7, 11) is 0. The summed E-state index contributed by atoms with van der Waals surface area (Å²) >= 11 is 0. The number of fused-ring (bicyclic) bond motifs is 1. The van der Waals surface area contributed by atoms with Crippen molar-refractivity contribution >= 4 is 17.0 Å². The van der Waals surface area contributed by atoms with Crippen molar-refractivity contribution in [2.75, 3.05) is 5.73 Å². The molecule has 0 unspecified atom stereocenters. The van der Waals surface area contributed by atoms with Gasteiger partial charge in [0.2, 0.25) is 5.95 Å². The zero-order chi connectivity index (χ0) is 14.2. The van der Waals surface area contributed by atoms with Gasteiger partial charge in [-0.1, -0.05) is 30.3 Å². The summed E-state index contributed by atoms with van der Waals surface area (Å²) in [4.78, 5) is 8.35. The van der Waals surface area contributed by atoms with Crippen LogP contribution in [0.3, 0.4) is 0 Å². The molecule has 21 heavy (non-hydrogen) atoms. The van der Waals surface area contributed by atoms with Crippen molar-refractivity contribution in [3.05, 3.63) is 48.9 Å². The smallest absolute Gasteiger partial charge is 0.224 e. The summed E-state index contributed by atoms with van der Waals surface area (Å²) < 4.78 is 1.68. The van der Waals surface area contributed by atoms with Crippen LogP contribution in [0.1, 0.15) is 0 Å². The number of benzene rings is 1. The number of H-pyrrole nitrogens is 1. The molecule has 0 atom stereocenters. The lowest BCUT2D eigenvalue weighted by Crippen LogP contribution is -2.03. The number of anilines is 1. The number of nitrogen functional groups attached to an aromatic ring is 1. The van der Waals surface area contributed by atoms with Crippen molar-refractivity contribution in [2.45, 2.75) is 0 Å². The minimum Gasteiger partial charge on any atom is -0.368 e. The maximum Gasteiger partial charge on any atom is 0.224 e. The van der Waals surface area contributed by atoms with Gasteiger partial charge < -0.3 is 5.73 Å². The third-order valence-corrected chi connectivity index (χ3v) is 3.21. The Morgan fingerprint density at radius 1 is 1.00 bits per heavy atom. The second-order valence-electron chi connectivity index (χ2n) is 4.58. The molecule has 3 N–H and O–H groups in total. The molecule has 0 spiro atoms. The molecule has 4 rings (SSSR count). The van der Waals surface area contributed by atoms with Crippen LogP contribution in [0, 0.1) is 0 Å². The van der Waals surface area contributed by atoms with Crippen molar-refractivity contribution < 1.29 is 0 Å². The second-order valence-corrected chi connectivity index (χ2v) is 4.58. The summed E-state index contributed by atoms with van der Waals surface area (Å²) in [6.07, 6.45) is 5.36. The molecule has 0 bridgehead atoms. The fourth-order valence-electron chi connectivity index (χ4n) is 2.23. The summed E-state index contributed by atoms with van der Waals surface area (Å²) in [6, 6.07) is 10.0. The van der Waals surface area contributed by atoms with Crippen LogP contribution in [0.5, 0.6) is 0 Å². The Bertz CT molecular complexity index is 907. The van der Waals surface area contributed by atoms with E-state index in [1.807, 2.05) is 36.5 Å². The highest BCUT2D eigenvalue weighted by Crippen LogP contribution is 2.22. The van der Waals surface area contributed by atoms with E-state index in [-0.39, 0.29) is 5.95 Å². The number of nitrogens with zero attached hydrogens (tertiary/aromatic N) is 5. The molecule has 4 aromatic rings. The highest BCUT2D eigenvalue weighted by molar-refractivity contribution is 5.82. The van der Waals surface area contributed by atoms with Gasteiger partial charge in [0.1, 0.15) is 0 Å². The van der Waals surface area contributed by atoms with Crippen molar-refractivity contribution in [1.82, 2.24) is 29.9 Å². The number of nitrogens with one attached hydrogen (secondary N) is 1. The number of hydrogen-bond donors (Lipinski definition) is 2. The number of nitrogens with two attached hydrogens (primary N) is 1. The van der Waals surface area contributed by atoms with E-state index in [2.05, 4.69) is 25.3 Å². The molecular formula is C14H11N7. The first kappa shape index (κ1) is 11.6. The lowest BCUT2D eigenvalue weighted by molar-refractivity contribution is 0.853. The zero-order valence-corrected chi connectivity index (χ0v) is 10.9. The minimum atomic E-state index is 0.179. The molecule has 0 radical (unpaired) electrons. The largest absolute Gasteiger partial charge is 0.368 e. The predicted octanol–water partition coefficient (Wildman–Crippen LogP) is 1.79.